The van der Waals surface area contributed by atoms with Crippen LogP contribution in [0.4, 0.5) is 13.2 Å². The molecule has 16 heavy (non-hydrogen) atoms. The van der Waals surface area contributed by atoms with E-state index < -0.39 is 5.51 Å². The Labute approximate surface area is 107 Å². The summed E-state index contributed by atoms with van der Waals surface area (Å²) in [5.74, 6) is 0.155. The predicted molar refractivity (Wildman–Crippen MR) is 66.1 cm³/mol. The molecule has 1 aliphatic rings. The molecule has 0 bridgehead atoms. The van der Waals surface area contributed by atoms with Crippen molar-refractivity contribution in [3.8, 4) is 0 Å². The highest BCUT2D eigenvalue weighted by molar-refractivity contribution is 9.09. The van der Waals surface area contributed by atoms with Crippen LogP contribution in [0.3, 0.4) is 0 Å². The highest BCUT2D eigenvalue weighted by Crippen LogP contribution is 2.31. The molecular formula is C10H17BrF3NS. The Morgan fingerprint density at radius 3 is 2.38 bits per heavy atom. The van der Waals surface area contributed by atoms with Gasteiger partial charge in [0.15, 0.2) is 0 Å². The van der Waals surface area contributed by atoms with Crippen LogP contribution in [-0.4, -0.2) is 40.6 Å². The molecule has 0 amide bonds. The minimum absolute atomic E-state index is 0.0940. The first-order chi connectivity index (χ1) is 7.53. The minimum atomic E-state index is -4.08. The molecule has 0 unspecified atom stereocenters. The molecular weight excluding hydrogens is 303 g/mol. The van der Waals surface area contributed by atoms with E-state index in [1.54, 1.807) is 0 Å². The average Bonchev–Trinajstić information content (AvgIpc) is 2.08. The van der Waals surface area contributed by atoms with Gasteiger partial charge in [0, 0.05) is 23.7 Å². The summed E-state index contributed by atoms with van der Waals surface area (Å²) in [5, 5.41) is 0.919. The fourth-order valence-electron chi connectivity index (χ4n) is 1.77. The summed E-state index contributed by atoms with van der Waals surface area (Å²) in [6.45, 7) is 1.47. The topological polar surface area (TPSA) is 3.24 Å². The van der Waals surface area contributed by atoms with Crippen LogP contribution in [0.25, 0.3) is 0 Å². The number of hydrogen-bond acceptors (Lipinski definition) is 2. The highest BCUT2D eigenvalue weighted by atomic mass is 79.9. The molecule has 0 aromatic rings. The van der Waals surface area contributed by atoms with Crippen LogP contribution < -0.4 is 0 Å². The van der Waals surface area contributed by atoms with Gasteiger partial charge in [0.2, 0.25) is 0 Å². The van der Waals surface area contributed by atoms with E-state index >= 15 is 0 Å². The van der Waals surface area contributed by atoms with Crippen molar-refractivity contribution in [3.63, 3.8) is 0 Å². The maximum absolute atomic E-state index is 12.0. The van der Waals surface area contributed by atoms with Gasteiger partial charge in [-0.2, -0.15) is 13.2 Å². The summed E-state index contributed by atoms with van der Waals surface area (Å²) in [4.78, 5) is 2.21. The van der Waals surface area contributed by atoms with Gasteiger partial charge in [-0.05, 0) is 37.6 Å². The van der Waals surface area contributed by atoms with E-state index in [-0.39, 0.29) is 17.5 Å². The second-order valence-corrected chi connectivity index (χ2v) is 5.91. The fourth-order valence-corrected chi connectivity index (χ4v) is 2.58. The average molecular weight is 320 g/mol. The van der Waals surface area contributed by atoms with Crippen LogP contribution in [-0.2, 0) is 0 Å². The SMILES string of the molecule is FC(F)(F)SCCN(CCCBr)C1CCC1. The molecule has 0 spiro atoms. The maximum Gasteiger partial charge on any atom is 0.441 e. The Hall–Kier alpha value is 0.580. The zero-order valence-electron chi connectivity index (χ0n) is 9.10. The van der Waals surface area contributed by atoms with E-state index in [2.05, 4.69) is 20.8 Å². The Bertz CT molecular complexity index is 197. The number of thioether (sulfide) groups is 1. The molecule has 1 fully saturated rings. The zero-order valence-corrected chi connectivity index (χ0v) is 11.5. The molecule has 0 aromatic carbocycles. The zero-order chi connectivity index (χ0) is 12.0. The van der Waals surface area contributed by atoms with Gasteiger partial charge < -0.3 is 0 Å². The normalized spacial score (nSPS) is 17.8. The fraction of sp³-hybridized carbons (Fsp3) is 1.00. The lowest BCUT2D eigenvalue weighted by atomic mass is 9.91. The third-order valence-corrected chi connectivity index (χ3v) is 4.09. The Balaban J connectivity index is 2.21. The van der Waals surface area contributed by atoms with E-state index in [1.165, 1.54) is 6.42 Å². The molecule has 1 aliphatic carbocycles. The summed E-state index contributed by atoms with van der Waals surface area (Å²) in [6.07, 6.45) is 4.53. The predicted octanol–water partition coefficient (Wildman–Crippen LogP) is 3.88. The molecule has 0 atom stereocenters. The minimum Gasteiger partial charge on any atom is -0.300 e. The van der Waals surface area contributed by atoms with E-state index in [0.29, 0.717) is 12.6 Å². The quantitative estimate of drug-likeness (QED) is 0.655. The first-order valence-electron chi connectivity index (χ1n) is 5.53. The van der Waals surface area contributed by atoms with Crippen LogP contribution in [0.5, 0.6) is 0 Å². The van der Waals surface area contributed by atoms with Crippen molar-refractivity contribution < 1.29 is 13.2 Å². The van der Waals surface area contributed by atoms with Crippen molar-refractivity contribution >= 4 is 27.7 Å². The van der Waals surface area contributed by atoms with Crippen LogP contribution in [0.2, 0.25) is 0 Å². The van der Waals surface area contributed by atoms with Crippen LogP contribution in [0.15, 0.2) is 0 Å². The van der Waals surface area contributed by atoms with Crippen molar-refractivity contribution in [2.45, 2.75) is 37.2 Å². The number of halogens is 4. The lowest BCUT2D eigenvalue weighted by Gasteiger charge is -2.37. The Kier molecular flexibility index (Phi) is 6.51. The van der Waals surface area contributed by atoms with E-state index in [0.717, 1.165) is 31.1 Å². The molecule has 0 aliphatic heterocycles. The second-order valence-electron chi connectivity index (χ2n) is 3.96. The van der Waals surface area contributed by atoms with Gasteiger partial charge in [-0.15, -0.1) is 0 Å². The largest absolute Gasteiger partial charge is 0.441 e. The van der Waals surface area contributed by atoms with Crippen molar-refractivity contribution in [2.24, 2.45) is 0 Å². The molecule has 0 heterocycles. The monoisotopic (exact) mass is 319 g/mol. The summed E-state index contributed by atoms with van der Waals surface area (Å²) in [5.41, 5.74) is -4.08. The van der Waals surface area contributed by atoms with Gasteiger partial charge in [-0.25, -0.2) is 0 Å². The van der Waals surface area contributed by atoms with Crippen molar-refractivity contribution in [2.75, 3.05) is 24.2 Å². The lowest BCUT2D eigenvalue weighted by molar-refractivity contribution is -0.0329. The molecule has 0 aromatic heterocycles. The molecule has 1 saturated carbocycles. The second kappa shape index (κ2) is 7.11. The van der Waals surface area contributed by atoms with Crippen molar-refractivity contribution in [1.29, 1.82) is 0 Å². The molecule has 0 saturated heterocycles. The summed E-state index contributed by atoms with van der Waals surface area (Å²) in [7, 11) is 0. The molecule has 0 radical (unpaired) electrons. The van der Waals surface area contributed by atoms with Gasteiger partial charge in [0.05, 0.1) is 0 Å². The number of rotatable bonds is 7. The number of hydrogen-bond donors (Lipinski definition) is 0. The van der Waals surface area contributed by atoms with Crippen molar-refractivity contribution in [1.82, 2.24) is 4.90 Å². The van der Waals surface area contributed by atoms with Crippen LogP contribution in [0.1, 0.15) is 25.7 Å². The number of alkyl halides is 4. The lowest BCUT2D eigenvalue weighted by Crippen LogP contribution is -2.42. The highest BCUT2D eigenvalue weighted by Gasteiger charge is 2.29. The van der Waals surface area contributed by atoms with Gasteiger partial charge in [0.25, 0.3) is 0 Å². The Morgan fingerprint density at radius 1 is 1.25 bits per heavy atom. The maximum atomic E-state index is 12.0. The van der Waals surface area contributed by atoms with Gasteiger partial charge in [0.1, 0.15) is 0 Å². The molecule has 1 rings (SSSR count). The number of nitrogens with zero attached hydrogens (tertiary/aromatic N) is 1. The Morgan fingerprint density at radius 2 is 1.94 bits per heavy atom. The van der Waals surface area contributed by atoms with E-state index in [9.17, 15) is 13.2 Å². The molecule has 1 nitrogen and oxygen atoms in total. The summed E-state index contributed by atoms with van der Waals surface area (Å²) in [6, 6.07) is 0.535. The van der Waals surface area contributed by atoms with Gasteiger partial charge >= 0.3 is 5.51 Å². The van der Waals surface area contributed by atoms with Gasteiger partial charge in [-0.3, -0.25) is 4.90 Å². The van der Waals surface area contributed by atoms with Crippen molar-refractivity contribution in [3.05, 3.63) is 0 Å². The third-order valence-electron chi connectivity index (χ3n) is 2.81. The molecule has 6 heteroatoms. The first-order valence-corrected chi connectivity index (χ1v) is 7.64. The third kappa shape index (κ3) is 5.77. The standard InChI is InChI=1S/C10H17BrF3NS/c11-5-2-6-15(9-3-1-4-9)7-8-16-10(12,13)14/h9H,1-8H2. The first kappa shape index (κ1) is 14.6. The van der Waals surface area contributed by atoms with E-state index in [1.807, 2.05) is 0 Å². The van der Waals surface area contributed by atoms with E-state index in [4.69, 9.17) is 0 Å². The van der Waals surface area contributed by atoms with Crippen LogP contribution >= 0.6 is 27.7 Å². The molecule has 0 N–H and O–H groups in total. The smallest absolute Gasteiger partial charge is 0.300 e. The summed E-state index contributed by atoms with van der Waals surface area (Å²) < 4.78 is 36.0. The summed E-state index contributed by atoms with van der Waals surface area (Å²) >= 11 is 3.45. The van der Waals surface area contributed by atoms with Crippen LogP contribution in [0, 0.1) is 0 Å². The van der Waals surface area contributed by atoms with Gasteiger partial charge in [-0.1, -0.05) is 22.4 Å². The molecule has 96 valence electrons.